The number of hydrogen-bond acceptors (Lipinski definition) is 4. The molecule has 6 heteroatoms. The van der Waals surface area contributed by atoms with E-state index < -0.39 is 6.04 Å². The van der Waals surface area contributed by atoms with Gasteiger partial charge >= 0.3 is 0 Å². The van der Waals surface area contributed by atoms with Gasteiger partial charge in [0.25, 0.3) is 0 Å². The summed E-state index contributed by atoms with van der Waals surface area (Å²) in [5.74, 6) is 0.0280. The second-order valence-electron chi connectivity index (χ2n) is 5.04. The van der Waals surface area contributed by atoms with Gasteiger partial charge in [0.05, 0.1) is 12.2 Å². The second kappa shape index (κ2) is 6.90. The van der Waals surface area contributed by atoms with Crippen LogP contribution in [-0.4, -0.2) is 33.4 Å². The summed E-state index contributed by atoms with van der Waals surface area (Å²) in [6.07, 6.45) is 4.87. The molecule has 0 saturated carbocycles. The van der Waals surface area contributed by atoms with E-state index >= 15 is 0 Å². The first-order valence-electron chi connectivity index (χ1n) is 6.83. The molecule has 0 bridgehead atoms. The Hall–Kier alpha value is -2.34. The molecular weight excluding hydrogens is 268 g/mol. The van der Waals surface area contributed by atoms with E-state index in [1.165, 1.54) is 0 Å². The third kappa shape index (κ3) is 4.61. The average molecular weight is 288 g/mol. The Morgan fingerprint density at radius 1 is 1.38 bits per heavy atom. The minimum Gasteiger partial charge on any atom is -0.508 e. The Bertz CT molecular complexity index is 592. The molecule has 0 radical (unpaired) electrons. The Balaban J connectivity index is 1.75. The number of nitrogens with zero attached hydrogens (tertiary/aromatic N) is 2. The lowest BCUT2D eigenvalue weighted by atomic mass is 10.1. The second-order valence-corrected chi connectivity index (χ2v) is 5.04. The van der Waals surface area contributed by atoms with Gasteiger partial charge in [0, 0.05) is 19.8 Å². The third-order valence-corrected chi connectivity index (χ3v) is 3.20. The molecule has 1 aromatic carbocycles. The lowest BCUT2D eigenvalue weighted by Gasteiger charge is -2.12. The van der Waals surface area contributed by atoms with Gasteiger partial charge in [-0.05, 0) is 36.1 Å². The maximum atomic E-state index is 11.9. The monoisotopic (exact) mass is 288 g/mol. The van der Waals surface area contributed by atoms with Gasteiger partial charge in [-0.15, -0.1) is 0 Å². The van der Waals surface area contributed by atoms with Crippen LogP contribution in [0.1, 0.15) is 11.1 Å². The van der Waals surface area contributed by atoms with Crippen LogP contribution in [-0.2, 0) is 24.7 Å². The molecule has 0 saturated heterocycles. The van der Waals surface area contributed by atoms with E-state index in [1.807, 2.05) is 13.2 Å². The highest BCUT2D eigenvalue weighted by atomic mass is 16.3. The molecule has 0 fully saturated rings. The van der Waals surface area contributed by atoms with Crippen molar-refractivity contribution in [2.75, 3.05) is 6.54 Å². The minimum atomic E-state index is -0.594. The highest BCUT2D eigenvalue weighted by Gasteiger charge is 2.13. The van der Waals surface area contributed by atoms with Gasteiger partial charge in [0.15, 0.2) is 0 Å². The number of nitrogens with one attached hydrogen (secondary N) is 1. The number of phenolic OH excluding ortho intramolecular Hbond substituents is 1. The van der Waals surface area contributed by atoms with Crippen molar-refractivity contribution in [2.24, 2.45) is 12.8 Å². The van der Waals surface area contributed by atoms with Crippen LogP contribution in [0.2, 0.25) is 0 Å². The van der Waals surface area contributed by atoms with Crippen molar-refractivity contribution in [3.05, 3.63) is 47.8 Å². The van der Waals surface area contributed by atoms with Crippen LogP contribution in [0.3, 0.4) is 0 Å². The summed E-state index contributed by atoms with van der Waals surface area (Å²) in [5.41, 5.74) is 7.87. The average Bonchev–Trinajstić information content (AvgIpc) is 2.87. The van der Waals surface area contributed by atoms with Crippen molar-refractivity contribution in [2.45, 2.75) is 18.9 Å². The van der Waals surface area contributed by atoms with Gasteiger partial charge in [-0.3, -0.25) is 9.48 Å². The highest BCUT2D eigenvalue weighted by Crippen LogP contribution is 2.10. The molecule has 112 valence electrons. The number of amides is 1. The molecule has 1 heterocycles. The summed E-state index contributed by atoms with van der Waals surface area (Å²) in [6.45, 7) is 0.536. The van der Waals surface area contributed by atoms with E-state index in [1.54, 1.807) is 35.1 Å². The van der Waals surface area contributed by atoms with Crippen molar-refractivity contribution in [1.82, 2.24) is 15.1 Å². The summed E-state index contributed by atoms with van der Waals surface area (Å²) in [6, 6.07) is 6.10. The molecule has 0 aliphatic rings. The van der Waals surface area contributed by atoms with Crippen molar-refractivity contribution >= 4 is 5.91 Å². The topological polar surface area (TPSA) is 93.2 Å². The molecule has 1 amide bonds. The largest absolute Gasteiger partial charge is 0.508 e. The summed E-state index contributed by atoms with van der Waals surface area (Å²) < 4.78 is 1.73. The van der Waals surface area contributed by atoms with Gasteiger partial charge in [-0.25, -0.2) is 0 Å². The number of carbonyl (C=O) groups is 1. The van der Waals surface area contributed by atoms with Crippen LogP contribution >= 0.6 is 0 Å². The molecule has 0 aliphatic heterocycles. The van der Waals surface area contributed by atoms with Gasteiger partial charge in [-0.1, -0.05) is 12.1 Å². The first-order chi connectivity index (χ1) is 10.0. The number of benzene rings is 1. The van der Waals surface area contributed by atoms with Gasteiger partial charge in [0.1, 0.15) is 5.75 Å². The van der Waals surface area contributed by atoms with Gasteiger partial charge < -0.3 is 16.2 Å². The molecule has 4 N–H and O–H groups in total. The van der Waals surface area contributed by atoms with E-state index in [2.05, 4.69) is 10.4 Å². The van der Waals surface area contributed by atoms with Gasteiger partial charge in [0.2, 0.25) is 5.91 Å². The van der Waals surface area contributed by atoms with Crippen LogP contribution in [0.25, 0.3) is 0 Å². The molecule has 0 aliphatic carbocycles. The normalized spacial score (nSPS) is 12.1. The molecule has 1 aromatic heterocycles. The minimum absolute atomic E-state index is 0.174. The lowest BCUT2D eigenvalue weighted by molar-refractivity contribution is -0.122. The Morgan fingerprint density at radius 2 is 2.10 bits per heavy atom. The van der Waals surface area contributed by atoms with E-state index in [4.69, 9.17) is 5.73 Å². The number of carbonyl (C=O) groups excluding carboxylic acids is 1. The number of aryl methyl sites for hydroxylation is 1. The number of rotatable bonds is 6. The zero-order valence-corrected chi connectivity index (χ0v) is 12.0. The van der Waals surface area contributed by atoms with Crippen LogP contribution in [0, 0.1) is 0 Å². The van der Waals surface area contributed by atoms with Crippen molar-refractivity contribution in [3.63, 3.8) is 0 Å². The number of phenols is 1. The fourth-order valence-corrected chi connectivity index (χ4v) is 2.04. The first kappa shape index (κ1) is 15.1. The Kier molecular flexibility index (Phi) is 4.94. The molecule has 0 unspecified atom stereocenters. The third-order valence-electron chi connectivity index (χ3n) is 3.20. The molecule has 2 rings (SSSR count). The van der Waals surface area contributed by atoms with Crippen molar-refractivity contribution < 1.29 is 9.90 Å². The Labute approximate surface area is 123 Å². The number of aromatic nitrogens is 2. The summed E-state index contributed by atoms with van der Waals surface area (Å²) >= 11 is 0. The van der Waals surface area contributed by atoms with E-state index in [0.717, 1.165) is 17.5 Å². The van der Waals surface area contributed by atoms with Crippen LogP contribution in [0.4, 0.5) is 0 Å². The quantitative estimate of drug-likeness (QED) is 0.715. The van der Waals surface area contributed by atoms with Crippen molar-refractivity contribution in [3.8, 4) is 5.75 Å². The number of aromatic hydroxyl groups is 1. The standard InChI is InChI=1S/C15H20N4O2/c1-19-10-12(9-18-19)6-7-17-15(21)14(16)8-11-2-4-13(20)5-3-11/h2-5,9-10,14,20H,6-8,16H2,1H3,(H,17,21)/t14-/m0/s1. The predicted octanol–water partition coefficient (Wildman–Crippen LogP) is 0.354. The molecular formula is C15H20N4O2. The molecule has 2 aromatic rings. The fourth-order valence-electron chi connectivity index (χ4n) is 2.04. The summed E-state index contributed by atoms with van der Waals surface area (Å²) in [7, 11) is 1.86. The fraction of sp³-hybridized carbons (Fsp3) is 0.333. The van der Waals surface area contributed by atoms with E-state index in [-0.39, 0.29) is 11.7 Å². The molecule has 21 heavy (non-hydrogen) atoms. The molecule has 6 nitrogen and oxygen atoms in total. The van der Waals surface area contributed by atoms with Gasteiger partial charge in [-0.2, -0.15) is 5.10 Å². The van der Waals surface area contributed by atoms with Crippen LogP contribution in [0.15, 0.2) is 36.7 Å². The molecule has 0 spiro atoms. The Morgan fingerprint density at radius 3 is 2.71 bits per heavy atom. The smallest absolute Gasteiger partial charge is 0.237 e. The summed E-state index contributed by atoms with van der Waals surface area (Å²) in [5, 5.41) is 16.1. The number of nitrogens with two attached hydrogens (primary N) is 1. The lowest BCUT2D eigenvalue weighted by Crippen LogP contribution is -2.42. The maximum absolute atomic E-state index is 11.9. The predicted molar refractivity (Wildman–Crippen MR) is 79.7 cm³/mol. The summed E-state index contributed by atoms with van der Waals surface area (Å²) in [4.78, 5) is 11.9. The highest BCUT2D eigenvalue weighted by molar-refractivity contribution is 5.81. The van der Waals surface area contributed by atoms with Crippen molar-refractivity contribution in [1.29, 1.82) is 0 Å². The SMILES string of the molecule is Cn1cc(CCNC(=O)[C@@H](N)Cc2ccc(O)cc2)cn1. The maximum Gasteiger partial charge on any atom is 0.237 e. The zero-order chi connectivity index (χ0) is 15.2. The van der Waals surface area contributed by atoms with Crippen LogP contribution < -0.4 is 11.1 Å². The first-order valence-corrected chi connectivity index (χ1v) is 6.83. The zero-order valence-electron chi connectivity index (χ0n) is 12.0. The van der Waals surface area contributed by atoms with E-state index in [9.17, 15) is 9.90 Å². The van der Waals surface area contributed by atoms with E-state index in [0.29, 0.717) is 13.0 Å². The van der Waals surface area contributed by atoms with Crippen LogP contribution in [0.5, 0.6) is 5.75 Å². The number of hydrogen-bond donors (Lipinski definition) is 3. The molecule has 1 atom stereocenters.